The number of hydrogen-bond acceptors (Lipinski definition) is 3. The van der Waals surface area contributed by atoms with Gasteiger partial charge in [0.05, 0.1) is 12.5 Å². The topological polar surface area (TPSA) is 30.3 Å². The van der Waals surface area contributed by atoms with Crippen LogP contribution in [0, 0.1) is 16.7 Å². The fourth-order valence-corrected chi connectivity index (χ4v) is 2.67. The molecule has 15 heavy (non-hydrogen) atoms. The summed E-state index contributed by atoms with van der Waals surface area (Å²) in [6, 6.07) is 2.72. The van der Waals surface area contributed by atoms with E-state index in [1.807, 2.05) is 0 Å². The van der Waals surface area contributed by atoms with Gasteiger partial charge in [-0.25, -0.2) is 0 Å². The molecule has 0 bridgehead atoms. The minimum Gasteiger partial charge on any atom is -0.304 e. The van der Waals surface area contributed by atoms with Crippen molar-refractivity contribution in [3.8, 4) is 6.07 Å². The fraction of sp³-hybridized carbons (Fsp3) is 0.917. The minimum atomic E-state index is 0.328. The van der Waals surface area contributed by atoms with Crippen LogP contribution < -0.4 is 0 Å². The van der Waals surface area contributed by atoms with E-state index in [4.69, 9.17) is 5.26 Å². The first-order valence-electron chi connectivity index (χ1n) is 5.78. The van der Waals surface area contributed by atoms with E-state index in [1.54, 1.807) is 0 Å². The van der Waals surface area contributed by atoms with Gasteiger partial charge in [0, 0.05) is 25.7 Å². The molecule has 1 heterocycles. The summed E-state index contributed by atoms with van der Waals surface area (Å²) < 4.78 is 0. The molecule has 0 saturated carbocycles. The van der Waals surface area contributed by atoms with Crippen LogP contribution in [0.5, 0.6) is 0 Å². The van der Waals surface area contributed by atoms with Crippen molar-refractivity contribution in [3.05, 3.63) is 0 Å². The Hall–Kier alpha value is -0.590. The zero-order valence-corrected chi connectivity index (χ0v) is 10.5. The Morgan fingerprint density at radius 2 is 2.07 bits per heavy atom. The lowest BCUT2D eigenvalue weighted by Crippen LogP contribution is -2.41. The van der Waals surface area contributed by atoms with Crippen LogP contribution in [0.1, 0.15) is 27.2 Å². The maximum absolute atomic E-state index is 8.84. The van der Waals surface area contributed by atoms with Crippen molar-refractivity contribution in [1.29, 1.82) is 5.26 Å². The molecule has 0 aromatic rings. The summed E-state index contributed by atoms with van der Waals surface area (Å²) >= 11 is 0. The van der Waals surface area contributed by atoms with Crippen LogP contribution >= 0.6 is 0 Å². The van der Waals surface area contributed by atoms with Crippen molar-refractivity contribution >= 4 is 0 Å². The van der Waals surface area contributed by atoms with Crippen molar-refractivity contribution in [2.45, 2.75) is 33.2 Å². The first kappa shape index (κ1) is 12.5. The molecule has 86 valence electrons. The summed E-state index contributed by atoms with van der Waals surface area (Å²) in [5.41, 5.74) is 0.328. The molecule has 0 radical (unpaired) electrons. The summed E-state index contributed by atoms with van der Waals surface area (Å²) in [6.45, 7) is 11.1. The summed E-state index contributed by atoms with van der Waals surface area (Å²) in [4.78, 5) is 4.81. The first-order valence-corrected chi connectivity index (χ1v) is 5.78. The van der Waals surface area contributed by atoms with Gasteiger partial charge in [0.1, 0.15) is 0 Å². The average molecular weight is 209 g/mol. The molecular weight excluding hydrogens is 186 g/mol. The Kier molecular flexibility index (Phi) is 4.12. The Balaban J connectivity index is 2.76. The lowest BCUT2D eigenvalue weighted by atomic mass is 9.92. The Morgan fingerprint density at radius 1 is 1.40 bits per heavy atom. The summed E-state index contributed by atoms with van der Waals surface area (Å²) in [7, 11) is 2.16. The van der Waals surface area contributed by atoms with E-state index in [-0.39, 0.29) is 0 Å². The molecule has 0 aromatic carbocycles. The predicted octanol–water partition coefficient (Wildman–Crippen LogP) is 1.56. The molecule has 1 unspecified atom stereocenters. The van der Waals surface area contributed by atoms with Crippen LogP contribution in [-0.2, 0) is 0 Å². The number of nitrogens with zero attached hydrogens (tertiary/aromatic N) is 3. The zero-order chi connectivity index (χ0) is 11.5. The highest BCUT2D eigenvalue weighted by Crippen LogP contribution is 2.24. The van der Waals surface area contributed by atoms with Gasteiger partial charge in [-0.3, -0.25) is 4.90 Å². The molecule has 3 heteroatoms. The van der Waals surface area contributed by atoms with Crippen molar-refractivity contribution < 1.29 is 0 Å². The monoisotopic (exact) mass is 209 g/mol. The van der Waals surface area contributed by atoms with Gasteiger partial charge in [-0.2, -0.15) is 5.26 Å². The molecule has 0 spiro atoms. The van der Waals surface area contributed by atoms with Crippen LogP contribution in [-0.4, -0.2) is 49.1 Å². The smallest absolute Gasteiger partial charge is 0.0638 e. The maximum atomic E-state index is 8.84. The normalized spacial score (nSPS) is 28.3. The second kappa shape index (κ2) is 4.96. The summed E-state index contributed by atoms with van der Waals surface area (Å²) in [5.74, 6) is 0. The first-order chi connectivity index (χ1) is 6.98. The predicted molar refractivity (Wildman–Crippen MR) is 62.5 cm³/mol. The molecule has 1 saturated heterocycles. The second-order valence-corrected chi connectivity index (χ2v) is 5.44. The second-order valence-electron chi connectivity index (χ2n) is 5.44. The number of hydrogen-bond donors (Lipinski definition) is 0. The highest BCUT2D eigenvalue weighted by atomic mass is 15.2. The van der Waals surface area contributed by atoms with Gasteiger partial charge < -0.3 is 4.90 Å². The van der Waals surface area contributed by atoms with Gasteiger partial charge in [0.2, 0.25) is 0 Å². The molecule has 0 amide bonds. The van der Waals surface area contributed by atoms with E-state index in [0.717, 1.165) is 26.2 Å². The largest absolute Gasteiger partial charge is 0.304 e. The third-order valence-corrected chi connectivity index (χ3v) is 3.10. The Labute approximate surface area is 93.7 Å². The van der Waals surface area contributed by atoms with Crippen molar-refractivity contribution in [2.75, 3.05) is 33.2 Å². The maximum Gasteiger partial charge on any atom is 0.0638 e. The molecule has 1 rings (SSSR count). The van der Waals surface area contributed by atoms with E-state index in [9.17, 15) is 0 Å². The van der Waals surface area contributed by atoms with Crippen LogP contribution in [0.4, 0.5) is 0 Å². The van der Waals surface area contributed by atoms with Gasteiger partial charge in [-0.15, -0.1) is 0 Å². The third-order valence-electron chi connectivity index (χ3n) is 3.10. The molecule has 0 aromatic heterocycles. The molecule has 0 N–H and O–H groups in total. The minimum absolute atomic E-state index is 0.328. The quantitative estimate of drug-likeness (QED) is 0.691. The third kappa shape index (κ3) is 3.48. The van der Waals surface area contributed by atoms with Gasteiger partial charge >= 0.3 is 0 Å². The fourth-order valence-electron chi connectivity index (χ4n) is 2.67. The molecule has 3 nitrogen and oxygen atoms in total. The van der Waals surface area contributed by atoms with E-state index >= 15 is 0 Å². The standard InChI is InChI=1S/C12H23N3/c1-5-15-10-12(2,3)9-14(4)8-11(15)6-7-13/h11H,5-6,8-10H2,1-4H3. The van der Waals surface area contributed by atoms with Crippen LogP contribution in [0.3, 0.4) is 0 Å². The van der Waals surface area contributed by atoms with Crippen molar-refractivity contribution in [1.82, 2.24) is 9.80 Å². The molecular formula is C12H23N3. The summed E-state index contributed by atoms with van der Waals surface area (Å²) in [6.07, 6.45) is 0.647. The highest BCUT2D eigenvalue weighted by Gasteiger charge is 2.31. The molecule has 1 fully saturated rings. The average Bonchev–Trinajstić information content (AvgIpc) is 2.22. The van der Waals surface area contributed by atoms with Gasteiger partial charge in [-0.05, 0) is 19.0 Å². The SMILES string of the molecule is CCN1CC(C)(C)CN(C)CC1CC#N. The van der Waals surface area contributed by atoms with Crippen LogP contribution in [0.25, 0.3) is 0 Å². The van der Waals surface area contributed by atoms with E-state index in [1.165, 1.54) is 0 Å². The molecule has 1 atom stereocenters. The number of nitriles is 1. The molecule has 1 aliphatic rings. The van der Waals surface area contributed by atoms with Crippen LogP contribution in [0.2, 0.25) is 0 Å². The van der Waals surface area contributed by atoms with Crippen molar-refractivity contribution in [2.24, 2.45) is 5.41 Å². The summed E-state index contributed by atoms with van der Waals surface area (Å²) in [5, 5.41) is 8.84. The highest BCUT2D eigenvalue weighted by molar-refractivity contribution is 4.90. The van der Waals surface area contributed by atoms with E-state index < -0.39 is 0 Å². The Bertz CT molecular complexity index is 242. The number of likely N-dealkylation sites (N-methyl/N-ethyl adjacent to an activating group) is 2. The van der Waals surface area contributed by atoms with Gasteiger partial charge in [0.25, 0.3) is 0 Å². The number of rotatable bonds is 2. The molecule has 1 aliphatic heterocycles. The molecule has 0 aliphatic carbocycles. The lowest BCUT2D eigenvalue weighted by molar-refractivity contribution is 0.166. The van der Waals surface area contributed by atoms with Gasteiger partial charge in [-0.1, -0.05) is 20.8 Å². The van der Waals surface area contributed by atoms with E-state index in [2.05, 4.69) is 43.7 Å². The van der Waals surface area contributed by atoms with Crippen molar-refractivity contribution in [3.63, 3.8) is 0 Å². The Morgan fingerprint density at radius 3 is 2.60 bits per heavy atom. The van der Waals surface area contributed by atoms with Gasteiger partial charge in [0.15, 0.2) is 0 Å². The zero-order valence-electron chi connectivity index (χ0n) is 10.5. The van der Waals surface area contributed by atoms with Crippen LogP contribution in [0.15, 0.2) is 0 Å². The lowest BCUT2D eigenvalue weighted by Gasteiger charge is -2.31. The van der Waals surface area contributed by atoms with E-state index in [0.29, 0.717) is 17.9 Å².